The molecule has 1 atom stereocenters. The summed E-state index contributed by atoms with van der Waals surface area (Å²) >= 11 is 1.56. The number of aromatic nitrogens is 2. The number of aliphatic hydroxyl groups excluding tert-OH is 1. The van der Waals surface area contributed by atoms with Gasteiger partial charge in [-0.15, -0.1) is 11.3 Å². The third-order valence-corrected chi connectivity index (χ3v) is 5.20. The first-order valence-electron chi connectivity index (χ1n) is 7.66. The third kappa shape index (κ3) is 3.68. The molecule has 1 saturated heterocycles. The lowest BCUT2D eigenvalue weighted by Crippen LogP contribution is -2.42. The van der Waals surface area contributed by atoms with E-state index in [1.807, 2.05) is 17.5 Å². The van der Waals surface area contributed by atoms with Crippen LogP contribution in [0.5, 0.6) is 0 Å². The fraction of sp³-hybridized carbons (Fsp3) is 0.438. The SMILES string of the molecule is O=C(Cn1cccnc1=O)N1CCC([C@@H](O)c2cccs2)CC1. The van der Waals surface area contributed by atoms with Crippen LogP contribution in [0, 0.1) is 5.92 Å². The van der Waals surface area contributed by atoms with Crippen molar-refractivity contribution in [2.45, 2.75) is 25.5 Å². The number of aliphatic hydroxyl groups is 1. The van der Waals surface area contributed by atoms with E-state index < -0.39 is 11.8 Å². The van der Waals surface area contributed by atoms with Crippen molar-refractivity contribution in [3.63, 3.8) is 0 Å². The van der Waals surface area contributed by atoms with Crippen LogP contribution >= 0.6 is 11.3 Å². The second kappa shape index (κ2) is 7.06. The largest absolute Gasteiger partial charge is 0.387 e. The molecule has 2 aromatic heterocycles. The molecular weight excluding hydrogens is 314 g/mol. The minimum absolute atomic E-state index is 0.0187. The highest BCUT2D eigenvalue weighted by molar-refractivity contribution is 7.10. The average Bonchev–Trinajstić information content (AvgIpc) is 3.11. The van der Waals surface area contributed by atoms with Crippen LogP contribution in [0.15, 0.2) is 40.8 Å². The van der Waals surface area contributed by atoms with E-state index in [2.05, 4.69) is 4.98 Å². The van der Waals surface area contributed by atoms with Crippen molar-refractivity contribution in [2.75, 3.05) is 13.1 Å². The Morgan fingerprint density at radius 2 is 2.17 bits per heavy atom. The topological polar surface area (TPSA) is 75.4 Å². The summed E-state index contributed by atoms with van der Waals surface area (Å²) in [5.74, 6) is 0.1000. The molecule has 1 aliphatic heterocycles. The lowest BCUT2D eigenvalue weighted by atomic mass is 9.90. The number of nitrogens with zero attached hydrogens (tertiary/aromatic N) is 3. The second-order valence-electron chi connectivity index (χ2n) is 5.71. The summed E-state index contributed by atoms with van der Waals surface area (Å²) in [4.78, 5) is 30.3. The Morgan fingerprint density at radius 3 is 2.83 bits per heavy atom. The zero-order valence-electron chi connectivity index (χ0n) is 12.7. The number of rotatable bonds is 4. The Balaban J connectivity index is 1.55. The van der Waals surface area contributed by atoms with Gasteiger partial charge in [-0.25, -0.2) is 9.78 Å². The molecule has 0 unspecified atom stereocenters. The summed E-state index contributed by atoms with van der Waals surface area (Å²) in [6.07, 6.45) is 4.08. The van der Waals surface area contributed by atoms with E-state index in [0.29, 0.717) is 13.1 Å². The van der Waals surface area contributed by atoms with Gasteiger partial charge in [0, 0.05) is 30.4 Å². The molecule has 7 heteroatoms. The van der Waals surface area contributed by atoms with Gasteiger partial charge in [-0.05, 0) is 36.3 Å². The molecule has 1 N–H and O–H groups in total. The van der Waals surface area contributed by atoms with Crippen molar-refractivity contribution in [3.8, 4) is 0 Å². The number of carbonyl (C=O) groups excluding carboxylic acids is 1. The Labute approximate surface area is 138 Å². The highest BCUT2D eigenvalue weighted by Crippen LogP contribution is 2.32. The minimum Gasteiger partial charge on any atom is -0.387 e. The lowest BCUT2D eigenvalue weighted by Gasteiger charge is -2.34. The first-order valence-corrected chi connectivity index (χ1v) is 8.54. The lowest BCUT2D eigenvalue weighted by molar-refractivity contribution is -0.133. The number of piperidine rings is 1. The van der Waals surface area contributed by atoms with Crippen LogP contribution < -0.4 is 5.69 Å². The van der Waals surface area contributed by atoms with Crippen LogP contribution in [-0.4, -0.2) is 38.6 Å². The van der Waals surface area contributed by atoms with Crippen LogP contribution in [0.1, 0.15) is 23.8 Å². The van der Waals surface area contributed by atoms with Crippen LogP contribution in [0.25, 0.3) is 0 Å². The summed E-state index contributed by atoms with van der Waals surface area (Å²) in [5, 5.41) is 12.3. The summed E-state index contributed by atoms with van der Waals surface area (Å²) in [6.45, 7) is 1.24. The van der Waals surface area contributed by atoms with Crippen LogP contribution in [0.2, 0.25) is 0 Å². The zero-order chi connectivity index (χ0) is 16.2. The average molecular weight is 333 g/mol. The number of thiophene rings is 1. The molecule has 6 nitrogen and oxygen atoms in total. The molecule has 122 valence electrons. The zero-order valence-corrected chi connectivity index (χ0v) is 13.5. The van der Waals surface area contributed by atoms with Crippen LogP contribution in [0.3, 0.4) is 0 Å². The maximum Gasteiger partial charge on any atom is 0.347 e. The highest BCUT2D eigenvalue weighted by Gasteiger charge is 2.28. The van der Waals surface area contributed by atoms with Gasteiger partial charge in [0.15, 0.2) is 0 Å². The summed E-state index contributed by atoms with van der Waals surface area (Å²) in [6, 6.07) is 5.52. The van der Waals surface area contributed by atoms with Crippen molar-refractivity contribution >= 4 is 17.2 Å². The fourth-order valence-electron chi connectivity index (χ4n) is 2.91. The maximum atomic E-state index is 12.3. The summed E-state index contributed by atoms with van der Waals surface area (Å²) in [5.41, 5.74) is -0.413. The minimum atomic E-state index is -0.451. The molecule has 3 rings (SSSR count). The number of likely N-dealkylation sites (tertiary alicyclic amines) is 1. The van der Waals surface area contributed by atoms with Crippen molar-refractivity contribution in [2.24, 2.45) is 5.92 Å². The predicted octanol–water partition coefficient (Wildman–Crippen LogP) is 1.28. The molecule has 0 aromatic carbocycles. The van der Waals surface area contributed by atoms with Crippen molar-refractivity contribution in [1.82, 2.24) is 14.5 Å². The van der Waals surface area contributed by atoms with E-state index in [4.69, 9.17) is 0 Å². The Hall–Kier alpha value is -1.99. The molecule has 0 saturated carbocycles. The van der Waals surface area contributed by atoms with E-state index >= 15 is 0 Å². The molecular formula is C16H19N3O3S. The molecule has 0 aliphatic carbocycles. The number of carbonyl (C=O) groups is 1. The number of hydrogen-bond acceptors (Lipinski definition) is 5. The molecule has 1 amide bonds. The molecule has 3 heterocycles. The molecule has 2 aromatic rings. The van der Waals surface area contributed by atoms with Gasteiger partial charge >= 0.3 is 5.69 Å². The van der Waals surface area contributed by atoms with E-state index in [-0.39, 0.29) is 18.4 Å². The third-order valence-electron chi connectivity index (χ3n) is 4.26. The molecule has 0 spiro atoms. The van der Waals surface area contributed by atoms with Crippen LogP contribution in [-0.2, 0) is 11.3 Å². The van der Waals surface area contributed by atoms with Gasteiger partial charge in [0.1, 0.15) is 6.54 Å². The van der Waals surface area contributed by atoms with Gasteiger partial charge in [0.2, 0.25) is 5.91 Å². The van der Waals surface area contributed by atoms with Crippen LogP contribution in [0.4, 0.5) is 0 Å². The fourth-order valence-corrected chi connectivity index (χ4v) is 3.71. The smallest absolute Gasteiger partial charge is 0.347 e. The summed E-state index contributed by atoms with van der Waals surface area (Å²) < 4.78 is 1.31. The monoisotopic (exact) mass is 333 g/mol. The maximum absolute atomic E-state index is 12.3. The Bertz CT molecular complexity index is 705. The predicted molar refractivity (Wildman–Crippen MR) is 87.1 cm³/mol. The Morgan fingerprint density at radius 1 is 1.39 bits per heavy atom. The first kappa shape index (κ1) is 15.9. The van der Waals surface area contributed by atoms with Gasteiger partial charge in [-0.3, -0.25) is 9.36 Å². The standard InChI is InChI=1S/C16H19N3O3S/c20-14(11-19-7-2-6-17-16(19)22)18-8-4-12(5-9-18)15(21)13-3-1-10-23-13/h1-3,6-7,10,12,15,21H,4-5,8-9,11H2/t15-/m1/s1. The van der Waals surface area contributed by atoms with E-state index in [1.165, 1.54) is 10.8 Å². The van der Waals surface area contributed by atoms with E-state index in [0.717, 1.165) is 17.7 Å². The van der Waals surface area contributed by atoms with E-state index in [1.54, 1.807) is 28.5 Å². The molecule has 1 aliphatic rings. The van der Waals surface area contributed by atoms with Gasteiger partial charge < -0.3 is 10.0 Å². The molecule has 23 heavy (non-hydrogen) atoms. The second-order valence-corrected chi connectivity index (χ2v) is 6.69. The van der Waals surface area contributed by atoms with Gasteiger partial charge in [-0.2, -0.15) is 0 Å². The van der Waals surface area contributed by atoms with Gasteiger partial charge in [0.25, 0.3) is 0 Å². The van der Waals surface area contributed by atoms with Crippen molar-refractivity contribution < 1.29 is 9.90 Å². The molecule has 1 fully saturated rings. The molecule has 0 bridgehead atoms. The molecule has 0 radical (unpaired) electrons. The van der Waals surface area contributed by atoms with Gasteiger partial charge in [-0.1, -0.05) is 6.07 Å². The summed E-state index contributed by atoms with van der Waals surface area (Å²) in [7, 11) is 0. The highest BCUT2D eigenvalue weighted by atomic mass is 32.1. The Kier molecular flexibility index (Phi) is 4.88. The normalized spacial score (nSPS) is 17.2. The van der Waals surface area contributed by atoms with E-state index in [9.17, 15) is 14.7 Å². The van der Waals surface area contributed by atoms with Gasteiger partial charge in [0.05, 0.1) is 6.10 Å². The quantitative estimate of drug-likeness (QED) is 0.914. The first-order chi connectivity index (χ1) is 11.1. The number of amides is 1. The number of hydrogen-bond donors (Lipinski definition) is 1. The van der Waals surface area contributed by atoms with Crippen molar-refractivity contribution in [3.05, 3.63) is 51.3 Å². The van der Waals surface area contributed by atoms with Crippen molar-refractivity contribution in [1.29, 1.82) is 0 Å².